The second-order valence-corrected chi connectivity index (χ2v) is 1.73. The first-order chi connectivity index (χ1) is 3.88. The summed E-state index contributed by atoms with van der Waals surface area (Å²) in [6.45, 7) is 1.91. The maximum Gasteiger partial charge on any atom is 0.151 e. The predicted molar refractivity (Wildman–Crippen MR) is 29.5 cm³/mol. The van der Waals surface area contributed by atoms with E-state index < -0.39 is 0 Å². The molecular formula is C6H8O2. The fraction of sp³-hybridized carbons (Fsp3) is 0.500. The molecule has 1 heterocycles. The highest BCUT2D eigenvalue weighted by Gasteiger charge is 2.35. The smallest absolute Gasteiger partial charge is 0.151 e. The molecule has 0 aromatic heterocycles. The zero-order valence-corrected chi connectivity index (χ0v) is 4.70. The third-order valence-corrected chi connectivity index (χ3v) is 1.08. The molecule has 2 nitrogen and oxygen atoms in total. The molecule has 1 aliphatic heterocycles. The summed E-state index contributed by atoms with van der Waals surface area (Å²) < 4.78 is 4.85. The van der Waals surface area contributed by atoms with E-state index in [0.717, 1.165) is 6.29 Å². The summed E-state index contributed by atoms with van der Waals surface area (Å²) in [5, 5.41) is 0. The minimum Gasteiger partial charge on any atom is -0.357 e. The molecule has 1 rings (SSSR count). The van der Waals surface area contributed by atoms with Crippen LogP contribution in [0.1, 0.15) is 6.92 Å². The molecule has 44 valence electrons. The van der Waals surface area contributed by atoms with Gasteiger partial charge in [-0.25, -0.2) is 0 Å². The lowest BCUT2D eigenvalue weighted by molar-refractivity contribution is -0.108. The van der Waals surface area contributed by atoms with Gasteiger partial charge in [-0.15, -0.1) is 0 Å². The van der Waals surface area contributed by atoms with E-state index in [1.165, 1.54) is 0 Å². The second kappa shape index (κ2) is 2.09. The van der Waals surface area contributed by atoms with Gasteiger partial charge < -0.3 is 9.53 Å². The van der Waals surface area contributed by atoms with Crippen molar-refractivity contribution in [1.29, 1.82) is 0 Å². The quantitative estimate of drug-likeness (QED) is 0.296. The zero-order valence-electron chi connectivity index (χ0n) is 4.70. The van der Waals surface area contributed by atoms with E-state index in [2.05, 4.69) is 0 Å². The van der Waals surface area contributed by atoms with Crippen molar-refractivity contribution in [2.75, 3.05) is 0 Å². The number of carbonyl (C=O) groups is 1. The molecule has 1 aliphatic rings. The third-order valence-electron chi connectivity index (χ3n) is 1.08. The van der Waals surface area contributed by atoms with Gasteiger partial charge in [-0.05, 0) is 6.92 Å². The SMILES string of the molecule is C/C=C/[C@@H]1O[C@@H]1C=O. The largest absolute Gasteiger partial charge is 0.357 e. The van der Waals surface area contributed by atoms with E-state index in [1.54, 1.807) is 0 Å². The van der Waals surface area contributed by atoms with Crippen LogP contribution in [0.5, 0.6) is 0 Å². The van der Waals surface area contributed by atoms with Gasteiger partial charge in [0, 0.05) is 0 Å². The van der Waals surface area contributed by atoms with Gasteiger partial charge in [0.25, 0.3) is 0 Å². The fourth-order valence-corrected chi connectivity index (χ4v) is 0.590. The van der Waals surface area contributed by atoms with Gasteiger partial charge in [-0.1, -0.05) is 12.2 Å². The van der Waals surface area contributed by atoms with Gasteiger partial charge in [0.15, 0.2) is 6.29 Å². The highest BCUT2D eigenvalue weighted by atomic mass is 16.6. The predicted octanol–water partition coefficient (Wildman–Crippen LogP) is 0.529. The van der Waals surface area contributed by atoms with Crippen molar-refractivity contribution in [3.63, 3.8) is 0 Å². The minimum atomic E-state index is -0.147. The lowest BCUT2D eigenvalue weighted by Crippen LogP contribution is -1.88. The normalized spacial score (nSPS) is 35.6. The number of hydrogen-bond acceptors (Lipinski definition) is 2. The lowest BCUT2D eigenvalue weighted by atomic mass is 10.3. The summed E-state index contributed by atoms with van der Waals surface area (Å²) in [4.78, 5) is 9.89. The van der Waals surface area contributed by atoms with Gasteiger partial charge in [0.1, 0.15) is 12.2 Å². The number of hydrogen-bond donors (Lipinski definition) is 0. The average molecular weight is 112 g/mol. The maximum absolute atomic E-state index is 9.89. The molecule has 0 radical (unpaired) electrons. The van der Waals surface area contributed by atoms with Crippen LogP contribution >= 0.6 is 0 Å². The molecule has 0 spiro atoms. The summed E-state index contributed by atoms with van der Waals surface area (Å²) in [6, 6.07) is 0. The number of aldehydes is 1. The molecular weight excluding hydrogens is 104 g/mol. The van der Waals surface area contributed by atoms with Crippen LogP contribution in [0.15, 0.2) is 12.2 Å². The molecule has 8 heavy (non-hydrogen) atoms. The Hall–Kier alpha value is -0.630. The Kier molecular flexibility index (Phi) is 1.44. The van der Waals surface area contributed by atoms with Crippen molar-refractivity contribution in [1.82, 2.24) is 0 Å². The van der Waals surface area contributed by atoms with Crippen molar-refractivity contribution in [2.24, 2.45) is 0 Å². The molecule has 1 saturated heterocycles. The van der Waals surface area contributed by atoms with E-state index in [1.807, 2.05) is 19.1 Å². The molecule has 0 aromatic carbocycles. The van der Waals surface area contributed by atoms with Gasteiger partial charge in [-0.2, -0.15) is 0 Å². The fourth-order valence-electron chi connectivity index (χ4n) is 0.590. The van der Waals surface area contributed by atoms with Crippen LogP contribution in [0, 0.1) is 0 Å². The molecule has 0 aromatic rings. The van der Waals surface area contributed by atoms with Crippen LogP contribution < -0.4 is 0 Å². The highest BCUT2D eigenvalue weighted by Crippen LogP contribution is 2.20. The number of carbonyl (C=O) groups excluding carboxylic acids is 1. The first kappa shape index (κ1) is 5.51. The molecule has 1 fully saturated rings. The van der Waals surface area contributed by atoms with E-state index >= 15 is 0 Å². The number of epoxide rings is 1. The molecule has 0 N–H and O–H groups in total. The Bertz CT molecular complexity index is 118. The van der Waals surface area contributed by atoms with Crippen LogP contribution in [-0.4, -0.2) is 18.5 Å². The van der Waals surface area contributed by atoms with Gasteiger partial charge in [-0.3, -0.25) is 0 Å². The monoisotopic (exact) mass is 112 g/mol. The van der Waals surface area contributed by atoms with Crippen molar-refractivity contribution < 1.29 is 9.53 Å². The number of allylic oxidation sites excluding steroid dienone is 1. The van der Waals surface area contributed by atoms with Crippen molar-refractivity contribution in [3.8, 4) is 0 Å². The Morgan fingerprint density at radius 3 is 2.62 bits per heavy atom. The molecule has 0 aliphatic carbocycles. The molecule has 2 atom stereocenters. The zero-order chi connectivity index (χ0) is 5.98. The van der Waals surface area contributed by atoms with E-state index in [9.17, 15) is 4.79 Å². The second-order valence-electron chi connectivity index (χ2n) is 1.73. The molecule has 0 saturated carbocycles. The third kappa shape index (κ3) is 0.954. The Morgan fingerprint density at radius 1 is 1.50 bits per heavy atom. The summed E-state index contributed by atoms with van der Waals surface area (Å²) >= 11 is 0. The molecule has 2 heteroatoms. The van der Waals surface area contributed by atoms with E-state index in [-0.39, 0.29) is 12.2 Å². The maximum atomic E-state index is 9.89. The van der Waals surface area contributed by atoms with Gasteiger partial charge in [0.2, 0.25) is 0 Å². The van der Waals surface area contributed by atoms with Crippen molar-refractivity contribution in [3.05, 3.63) is 12.2 Å². The lowest BCUT2D eigenvalue weighted by Gasteiger charge is -1.69. The first-order valence-corrected chi connectivity index (χ1v) is 2.62. The van der Waals surface area contributed by atoms with Crippen LogP contribution in [0.4, 0.5) is 0 Å². The van der Waals surface area contributed by atoms with Gasteiger partial charge >= 0.3 is 0 Å². The molecule has 0 amide bonds. The van der Waals surface area contributed by atoms with Crippen LogP contribution in [0.25, 0.3) is 0 Å². The minimum absolute atomic E-state index is 0.0810. The van der Waals surface area contributed by atoms with Crippen molar-refractivity contribution in [2.45, 2.75) is 19.1 Å². The standard InChI is InChI=1S/C6H8O2/c1-2-3-5-6(4-7)8-5/h2-6H,1H3/b3-2+/t5-,6+/m0/s1. The molecule has 0 unspecified atom stereocenters. The summed E-state index contributed by atoms with van der Waals surface area (Å²) in [5.41, 5.74) is 0. The average Bonchev–Trinajstić information content (AvgIpc) is 2.48. The Balaban J connectivity index is 2.26. The summed E-state index contributed by atoms with van der Waals surface area (Å²) in [7, 11) is 0. The molecule has 0 bridgehead atoms. The number of ether oxygens (including phenoxy) is 1. The van der Waals surface area contributed by atoms with E-state index in [4.69, 9.17) is 4.74 Å². The van der Waals surface area contributed by atoms with E-state index in [0.29, 0.717) is 0 Å². The summed E-state index contributed by atoms with van der Waals surface area (Å²) in [5.74, 6) is 0. The Morgan fingerprint density at radius 2 is 2.25 bits per heavy atom. The highest BCUT2D eigenvalue weighted by molar-refractivity contribution is 5.61. The topological polar surface area (TPSA) is 29.6 Å². The van der Waals surface area contributed by atoms with Crippen LogP contribution in [0.2, 0.25) is 0 Å². The van der Waals surface area contributed by atoms with Crippen molar-refractivity contribution >= 4 is 6.29 Å². The van der Waals surface area contributed by atoms with Gasteiger partial charge in [0.05, 0.1) is 0 Å². The number of rotatable bonds is 2. The van der Waals surface area contributed by atoms with Crippen LogP contribution in [-0.2, 0) is 9.53 Å². The summed E-state index contributed by atoms with van der Waals surface area (Å²) in [6.07, 6.45) is 4.52. The van der Waals surface area contributed by atoms with Crippen LogP contribution in [0.3, 0.4) is 0 Å². The Labute approximate surface area is 48.1 Å². The first-order valence-electron chi connectivity index (χ1n) is 2.62.